The molecule has 1 aromatic heterocycles. The third kappa shape index (κ3) is 2.96. The second-order valence-corrected chi connectivity index (χ2v) is 4.63. The maximum absolute atomic E-state index is 5.30. The van der Waals surface area contributed by atoms with Gasteiger partial charge in [0.05, 0.1) is 12.4 Å². The molecule has 4 N–H and O–H groups in total. The minimum atomic E-state index is 0.523. The summed E-state index contributed by atoms with van der Waals surface area (Å²) in [5.74, 6) is 6.48. The van der Waals surface area contributed by atoms with E-state index in [1.165, 1.54) is 5.56 Å². The van der Waals surface area contributed by atoms with Crippen LogP contribution in [-0.2, 0) is 6.42 Å². The van der Waals surface area contributed by atoms with Gasteiger partial charge in [-0.3, -0.25) is 4.98 Å². The number of aryl methyl sites for hydroxylation is 1. The van der Waals surface area contributed by atoms with E-state index < -0.39 is 0 Å². The molecule has 0 unspecified atom stereocenters. The van der Waals surface area contributed by atoms with Gasteiger partial charge in [0.15, 0.2) is 11.6 Å². The Morgan fingerprint density at radius 2 is 2.06 bits per heavy atom. The third-order valence-corrected chi connectivity index (χ3v) is 2.99. The number of benzene rings is 1. The molecule has 0 atom stereocenters. The maximum atomic E-state index is 5.30. The number of nitrogens with zero attached hydrogens (tertiary/aromatic N) is 2. The van der Waals surface area contributed by atoms with E-state index in [-0.39, 0.29) is 0 Å². The van der Waals surface area contributed by atoms with Gasteiger partial charge in [0.2, 0.25) is 0 Å². The van der Waals surface area contributed by atoms with Crippen LogP contribution >= 0.6 is 15.9 Å². The first kappa shape index (κ1) is 12.8. The summed E-state index contributed by atoms with van der Waals surface area (Å²) in [6, 6.07) is 6.08. The molecule has 0 aliphatic rings. The van der Waals surface area contributed by atoms with Crippen LogP contribution in [0.1, 0.15) is 12.5 Å². The van der Waals surface area contributed by atoms with Crippen LogP contribution in [-0.4, -0.2) is 9.97 Å². The predicted molar refractivity (Wildman–Crippen MR) is 76.6 cm³/mol. The van der Waals surface area contributed by atoms with Crippen molar-refractivity contribution >= 4 is 33.3 Å². The van der Waals surface area contributed by atoms with E-state index in [9.17, 15) is 0 Å². The molecule has 0 saturated heterocycles. The Hall–Kier alpha value is -1.66. The van der Waals surface area contributed by atoms with Gasteiger partial charge in [0.25, 0.3) is 0 Å². The molecule has 5 nitrogen and oxygen atoms in total. The Kier molecular flexibility index (Phi) is 4.11. The third-order valence-electron chi connectivity index (χ3n) is 2.49. The van der Waals surface area contributed by atoms with Gasteiger partial charge in [-0.05, 0) is 30.2 Å². The SMILES string of the molecule is CCc1cc(Br)ccc1Nc1cncc(NN)n1. The number of hydrogen-bond donors (Lipinski definition) is 3. The summed E-state index contributed by atoms with van der Waals surface area (Å²) in [5, 5.41) is 3.24. The summed E-state index contributed by atoms with van der Waals surface area (Å²) in [7, 11) is 0. The number of anilines is 3. The van der Waals surface area contributed by atoms with E-state index in [0.29, 0.717) is 11.6 Å². The summed E-state index contributed by atoms with van der Waals surface area (Å²) in [6.07, 6.45) is 4.15. The Balaban J connectivity index is 2.27. The number of nitrogens with one attached hydrogen (secondary N) is 2. The molecule has 2 rings (SSSR count). The van der Waals surface area contributed by atoms with Gasteiger partial charge in [-0.25, -0.2) is 10.8 Å². The molecule has 6 heteroatoms. The predicted octanol–water partition coefficient (Wildman–Crippen LogP) is 2.83. The molecule has 0 aliphatic heterocycles. The van der Waals surface area contributed by atoms with Crippen molar-refractivity contribution in [1.82, 2.24) is 9.97 Å². The van der Waals surface area contributed by atoms with Crippen molar-refractivity contribution < 1.29 is 0 Å². The van der Waals surface area contributed by atoms with Crippen LogP contribution in [0.5, 0.6) is 0 Å². The van der Waals surface area contributed by atoms with Crippen LogP contribution in [0, 0.1) is 0 Å². The van der Waals surface area contributed by atoms with Crippen LogP contribution in [0.15, 0.2) is 35.1 Å². The van der Waals surface area contributed by atoms with E-state index in [1.54, 1.807) is 12.4 Å². The van der Waals surface area contributed by atoms with Crippen LogP contribution in [0.25, 0.3) is 0 Å². The lowest BCUT2D eigenvalue weighted by Crippen LogP contribution is -2.09. The monoisotopic (exact) mass is 307 g/mol. The zero-order chi connectivity index (χ0) is 13.0. The maximum Gasteiger partial charge on any atom is 0.160 e. The second-order valence-electron chi connectivity index (χ2n) is 3.71. The first-order valence-corrected chi connectivity index (χ1v) is 6.36. The summed E-state index contributed by atoms with van der Waals surface area (Å²) in [4.78, 5) is 8.31. The van der Waals surface area contributed by atoms with E-state index in [4.69, 9.17) is 5.84 Å². The first-order chi connectivity index (χ1) is 8.72. The second kappa shape index (κ2) is 5.79. The van der Waals surface area contributed by atoms with Crippen molar-refractivity contribution in [1.29, 1.82) is 0 Å². The van der Waals surface area contributed by atoms with Gasteiger partial charge < -0.3 is 10.7 Å². The Bertz CT molecular complexity index is 544. The molecule has 2 aromatic rings. The minimum absolute atomic E-state index is 0.523. The van der Waals surface area contributed by atoms with Crippen molar-refractivity contribution in [2.75, 3.05) is 10.7 Å². The van der Waals surface area contributed by atoms with Crippen molar-refractivity contribution in [2.24, 2.45) is 5.84 Å². The first-order valence-electron chi connectivity index (χ1n) is 5.57. The number of hydrogen-bond acceptors (Lipinski definition) is 5. The molecule has 0 fully saturated rings. The van der Waals surface area contributed by atoms with Crippen LogP contribution in [0.2, 0.25) is 0 Å². The van der Waals surface area contributed by atoms with Gasteiger partial charge >= 0.3 is 0 Å². The number of aromatic nitrogens is 2. The number of halogens is 1. The lowest BCUT2D eigenvalue weighted by Gasteiger charge is -2.11. The van der Waals surface area contributed by atoms with Crippen molar-refractivity contribution in [2.45, 2.75) is 13.3 Å². The van der Waals surface area contributed by atoms with E-state index in [1.807, 2.05) is 12.1 Å². The molecular formula is C12H14BrN5. The molecule has 1 heterocycles. The highest BCUT2D eigenvalue weighted by molar-refractivity contribution is 9.10. The fourth-order valence-electron chi connectivity index (χ4n) is 1.61. The van der Waals surface area contributed by atoms with Gasteiger partial charge in [0.1, 0.15) is 0 Å². The largest absolute Gasteiger partial charge is 0.339 e. The molecule has 94 valence electrons. The Morgan fingerprint density at radius 3 is 2.78 bits per heavy atom. The molecule has 0 radical (unpaired) electrons. The summed E-state index contributed by atoms with van der Waals surface area (Å²) < 4.78 is 1.06. The van der Waals surface area contributed by atoms with Crippen molar-refractivity contribution in [3.8, 4) is 0 Å². The topological polar surface area (TPSA) is 75.9 Å². The van der Waals surface area contributed by atoms with Crippen molar-refractivity contribution in [3.63, 3.8) is 0 Å². The standard InChI is InChI=1S/C12H14BrN5/c1-2-8-5-9(13)3-4-10(8)16-11-6-15-7-12(17-11)18-14/h3-7H,2,14H2,1H3,(H2,16,17,18). The van der Waals surface area contributed by atoms with Crippen LogP contribution in [0.4, 0.5) is 17.3 Å². The highest BCUT2D eigenvalue weighted by atomic mass is 79.9. The molecule has 0 bridgehead atoms. The van der Waals surface area contributed by atoms with Crippen LogP contribution < -0.4 is 16.6 Å². The Labute approximate surface area is 114 Å². The zero-order valence-corrected chi connectivity index (χ0v) is 11.5. The highest BCUT2D eigenvalue weighted by Crippen LogP contribution is 2.24. The number of hydrazine groups is 1. The molecule has 0 amide bonds. The number of nitrogens with two attached hydrogens (primary N) is 1. The highest BCUT2D eigenvalue weighted by Gasteiger charge is 2.04. The summed E-state index contributed by atoms with van der Waals surface area (Å²) in [5.41, 5.74) is 4.69. The molecule has 0 spiro atoms. The summed E-state index contributed by atoms with van der Waals surface area (Å²) in [6.45, 7) is 2.11. The lowest BCUT2D eigenvalue weighted by molar-refractivity contribution is 1.12. The van der Waals surface area contributed by atoms with Gasteiger partial charge in [-0.1, -0.05) is 22.9 Å². The Morgan fingerprint density at radius 1 is 1.28 bits per heavy atom. The molecule has 1 aromatic carbocycles. The molecule has 18 heavy (non-hydrogen) atoms. The smallest absolute Gasteiger partial charge is 0.160 e. The number of nitrogen functional groups attached to an aromatic ring is 1. The lowest BCUT2D eigenvalue weighted by atomic mass is 10.1. The molecule has 0 saturated carbocycles. The van der Waals surface area contributed by atoms with Gasteiger partial charge in [-0.2, -0.15) is 0 Å². The zero-order valence-electron chi connectivity index (χ0n) is 9.94. The average molecular weight is 308 g/mol. The number of rotatable bonds is 4. The fraction of sp³-hybridized carbons (Fsp3) is 0.167. The average Bonchev–Trinajstić information content (AvgIpc) is 2.41. The summed E-state index contributed by atoms with van der Waals surface area (Å²) >= 11 is 3.46. The molecular weight excluding hydrogens is 294 g/mol. The van der Waals surface area contributed by atoms with Gasteiger partial charge in [-0.15, -0.1) is 0 Å². The van der Waals surface area contributed by atoms with E-state index in [0.717, 1.165) is 16.6 Å². The molecule has 0 aliphatic carbocycles. The van der Waals surface area contributed by atoms with Crippen molar-refractivity contribution in [3.05, 3.63) is 40.6 Å². The van der Waals surface area contributed by atoms with E-state index in [2.05, 4.69) is 49.6 Å². The quantitative estimate of drug-likeness (QED) is 0.598. The normalized spacial score (nSPS) is 10.2. The minimum Gasteiger partial charge on any atom is -0.339 e. The van der Waals surface area contributed by atoms with E-state index >= 15 is 0 Å². The fourth-order valence-corrected chi connectivity index (χ4v) is 2.02. The van der Waals surface area contributed by atoms with Crippen LogP contribution in [0.3, 0.4) is 0 Å². The van der Waals surface area contributed by atoms with Gasteiger partial charge in [0, 0.05) is 10.2 Å².